The van der Waals surface area contributed by atoms with E-state index in [1.807, 2.05) is 38.1 Å². The second-order valence-corrected chi connectivity index (χ2v) is 25.2. The Morgan fingerprint density at radius 1 is 0.875 bits per heavy atom. The highest BCUT2D eigenvalue weighted by molar-refractivity contribution is 7.70. The summed E-state index contributed by atoms with van der Waals surface area (Å²) in [5.41, 5.74) is 11.8. The number of alkyl carbamates (subject to hydrolysis) is 1. The Bertz CT molecular complexity index is 3770. The van der Waals surface area contributed by atoms with Crippen LogP contribution in [0.2, 0.25) is 0 Å². The fraction of sp³-hybridized carbons (Fsp3) is 0.380. The van der Waals surface area contributed by atoms with E-state index < -0.39 is 72.4 Å². The van der Waals surface area contributed by atoms with Gasteiger partial charge in [-0.15, -0.1) is 4.86 Å². The smallest absolute Gasteiger partial charge is 0.478 e. The zero-order valence-electron chi connectivity index (χ0n) is 44.5. The number of hydrogen-bond donors (Lipinski definition) is 10. The summed E-state index contributed by atoms with van der Waals surface area (Å²) >= 11 is 0. The molecule has 3 aromatic carbocycles. The van der Waals surface area contributed by atoms with Gasteiger partial charge in [0.05, 0.1) is 30.1 Å². The molecule has 0 saturated carbocycles. The summed E-state index contributed by atoms with van der Waals surface area (Å²) in [6.07, 6.45) is -1.29. The molecule has 1 saturated heterocycles. The third-order valence-corrected chi connectivity index (χ3v) is 18.3. The minimum Gasteiger partial charge on any atom is -0.478 e. The molecule has 2 aromatic heterocycles. The molecule has 4 aliphatic heterocycles. The predicted octanol–water partition coefficient (Wildman–Crippen LogP) is 3.89. The van der Waals surface area contributed by atoms with Gasteiger partial charge in [0.1, 0.15) is 42.1 Å². The molecule has 11 N–H and O–H groups in total. The van der Waals surface area contributed by atoms with Crippen LogP contribution in [0.25, 0.3) is 27.9 Å². The highest BCUT2D eigenvalue weighted by Gasteiger charge is 2.50. The number of nitrogens with zero attached hydrogens (tertiary/aromatic N) is 6. The van der Waals surface area contributed by atoms with E-state index in [1.54, 1.807) is 6.07 Å². The molecule has 5 aromatic rings. The fourth-order valence-electron chi connectivity index (χ4n) is 11.0. The lowest BCUT2D eigenvalue weighted by molar-refractivity contribution is -0.0507. The number of hydrogen-bond acceptors (Lipinski definition) is 17. The Hall–Kier alpha value is -6.70. The number of nitrogen functional groups attached to an aromatic ring is 1. The first-order valence-electron chi connectivity index (χ1n) is 25.0. The van der Waals surface area contributed by atoms with Crippen molar-refractivity contribution in [1.29, 1.82) is 0 Å². The molecular weight excluding hydrogens is 1110 g/mol. The number of aromatic carboxylic acids is 1. The van der Waals surface area contributed by atoms with Crippen molar-refractivity contribution in [1.82, 2.24) is 39.6 Å². The molecule has 80 heavy (non-hydrogen) atoms. The van der Waals surface area contributed by atoms with Gasteiger partial charge in [-0.2, -0.15) is 4.31 Å². The van der Waals surface area contributed by atoms with Gasteiger partial charge in [-0.1, -0.05) is 12.1 Å². The average Bonchev–Trinajstić information content (AvgIpc) is 3.88. The number of ether oxygens (including phenoxy) is 3. The van der Waals surface area contributed by atoms with Crippen LogP contribution in [0.3, 0.4) is 0 Å². The molecule has 1 fully saturated rings. The maximum absolute atomic E-state index is 13.8. The number of aromatic nitrogens is 4. The Balaban J connectivity index is 0.961. The number of nitrogens with two attached hydrogens (primary N) is 1. The number of carbonyl (C=O) groups excluding carboxylic acids is 2. The summed E-state index contributed by atoms with van der Waals surface area (Å²) in [7, 11) is -16.8. The Morgan fingerprint density at radius 2 is 1.59 bits per heavy atom. The van der Waals surface area contributed by atoms with Gasteiger partial charge in [0.25, 0.3) is 5.91 Å². The van der Waals surface area contributed by atoms with E-state index in [9.17, 15) is 48.1 Å². The predicted molar refractivity (Wildman–Crippen MR) is 290 cm³/mol. The molecule has 426 valence electrons. The van der Waals surface area contributed by atoms with Gasteiger partial charge in [-0.05, 0) is 88.6 Å². The van der Waals surface area contributed by atoms with Crippen molar-refractivity contribution in [2.75, 3.05) is 43.4 Å². The molecule has 0 aliphatic carbocycles. The number of phosphoric acid groups is 1. The number of aliphatic hydroxyl groups excluding tert-OH is 1. The molecule has 2 amide bonds. The van der Waals surface area contributed by atoms with Crippen LogP contribution in [0.15, 0.2) is 67.3 Å². The number of benzene rings is 3. The maximum atomic E-state index is 13.8. The van der Waals surface area contributed by atoms with Crippen LogP contribution in [0.5, 0.6) is 11.5 Å². The topological polar surface area (TPSA) is 382 Å². The summed E-state index contributed by atoms with van der Waals surface area (Å²) in [6, 6.07) is 12.5. The van der Waals surface area contributed by atoms with Gasteiger partial charge >= 0.3 is 35.4 Å². The molecule has 0 radical (unpaired) electrons. The number of imidazole rings is 1. The van der Waals surface area contributed by atoms with Gasteiger partial charge in [-0.3, -0.25) is 13.9 Å². The van der Waals surface area contributed by atoms with Crippen molar-refractivity contribution in [3.8, 4) is 11.5 Å². The Kier molecular flexibility index (Phi) is 15.4. The molecule has 4 aliphatic rings. The first-order chi connectivity index (χ1) is 37.4. The summed E-state index contributed by atoms with van der Waals surface area (Å²) in [5, 5.41) is 29.1. The van der Waals surface area contributed by atoms with E-state index in [1.165, 1.54) is 16.7 Å². The second-order valence-electron chi connectivity index (χ2n) is 20.4. The first kappa shape index (κ1) is 58.0. The molecule has 30 heteroatoms. The average molecular weight is 1170 g/mol. The van der Waals surface area contributed by atoms with Crippen LogP contribution < -0.4 is 46.0 Å². The number of aliphatic hydroxyl groups is 1. The number of phosphoric ester groups is 1. The number of anilines is 2. The number of nitrogens with one attached hydrogen (secondary N) is 3. The third kappa shape index (κ3) is 11.3. The second kappa shape index (κ2) is 21.3. The highest BCUT2D eigenvalue weighted by Crippen LogP contribution is 2.61. The van der Waals surface area contributed by atoms with Crippen molar-refractivity contribution in [3.05, 3.63) is 111 Å². The minimum atomic E-state index is -5.67. The number of amides is 2. The van der Waals surface area contributed by atoms with E-state index in [-0.39, 0.29) is 52.3 Å². The van der Waals surface area contributed by atoms with Gasteiger partial charge in [0.15, 0.2) is 29.3 Å². The van der Waals surface area contributed by atoms with Crippen LogP contribution >= 0.6 is 23.3 Å². The Morgan fingerprint density at radius 3 is 2.27 bits per heavy atom. The van der Waals surface area contributed by atoms with E-state index in [4.69, 9.17) is 34.3 Å². The van der Waals surface area contributed by atoms with Crippen molar-refractivity contribution in [3.63, 3.8) is 0 Å². The van der Waals surface area contributed by atoms with Crippen LogP contribution in [-0.4, -0.2) is 129 Å². The SMILES string of the molecule is CCN1c2cc3c(cc2C(C)=CC1(C)C)C(c1ccc(C(=O)NCCNC(=O)O[C@H]2[C@@H](O)[C@H](n4cnc5c(N)ncnc54)O[C@@H]2COP(=O)(O)OP(=O)(O)NP(=O)(O)O)cc1C(=O)O)=c1cc2c(cc1O3)=[N+](CC)C(C)(C)C=C2C. The molecule has 27 nitrogen and oxygen atoms in total. The van der Waals surface area contributed by atoms with Crippen molar-refractivity contribution in [2.24, 2.45) is 0 Å². The normalized spacial score (nSPS) is 21.4. The molecule has 0 spiro atoms. The van der Waals surface area contributed by atoms with E-state index in [2.05, 4.69) is 93.1 Å². The molecule has 0 bridgehead atoms. The highest BCUT2D eigenvalue weighted by atomic mass is 31.3. The zero-order valence-corrected chi connectivity index (χ0v) is 47.2. The molecule has 6 heterocycles. The number of fused-ring (bicyclic) bond motifs is 5. The monoisotopic (exact) mass is 1170 g/mol. The van der Waals surface area contributed by atoms with Crippen molar-refractivity contribution in [2.45, 2.75) is 91.0 Å². The lowest BCUT2D eigenvalue weighted by Gasteiger charge is -2.43. The molecule has 6 atom stereocenters. The van der Waals surface area contributed by atoms with Gasteiger partial charge in [-0.25, -0.2) is 42.8 Å². The summed E-state index contributed by atoms with van der Waals surface area (Å²) < 4.78 is 66.5. The number of allylic oxidation sites excluding steroid dienone is 2. The lowest BCUT2D eigenvalue weighted by Crippen LogP contribution is -2.49. The largest absolute Gasteiger partial charge is 0.480 e. The molecular formula is C50H60N10O17P3+. The zero-order chi connectivity index (χ0) is 58.2. The quantitative estimate of drug-likeness (QED) is 0.0352. The summed E-state index contributed by atoms with van der Waals surface area (Å²) in [4.78, 5) is 93.6. The third-order valence-electron chi connectivity index (χ3n) is 14.1. The van der Waals surface area contributed by atoms with Crippen LogP contribution in [-0.2, 0) is 32.0 Å². The number of rotatable bonds is 17. The van der Waals surface area contributed by atoms with Gasteiger partial charge in [0, 0.05) is 78.3 Å². The van der Waals surface area contributed by atoms with Gasteiger partial charge in [0.2, 0.25) is 5.36 Å². The lowest BCUT2D eigenvalue weighted by atomic mass is 9.83. The Labute approximate surface area is 456 Å². The van der Waals surface area contributed by atoms with Crippen LogP contribution in [0.4, 0.5) is 16.3 Å². The minimum absolute atomic E-state index is 0.0173. The first-order valence-corrected chi connectivity index (χ1v) is 29.7. The van der Waals surface area contributed by atoms with E-state index in [0.717, 1.165) is 50.8 Å². The summed E-state index contributed by atoms with van der Waals surface area (Å²) in [6.45, 7) is 16.6. The van der Waals surface area contributed by atoms with E-state index in [0.29, 0.717) is 46.5 Å². The van der Waals surface area contributed by atoms with Crippen molar-refractivity contribution < 1.29 is 80.9 Å². The number of carbonyl (C=O) groups is 3. The number of likely N-dealkylation sites (N-methyl/N-ethyl adjacent to an activating group) is 2. The fourth-order valence-corrected chi connectivity index (χ4v) is 14.4. The van der Waals surface area contributed by atoms with Crippen molar-refractivity contribution >= 4 is 80.7 Å². The number of carboxylic acid groups (broad SMARTS) is 1. The maximum Gasteiger partial charge on any atom is 0.480 e. The van der Waals surface area contributed by atoms with Crippen LogP contribution in [0, 0.1) is 0 Å². The van der Waals surface area contributed by atoms with Gasteiger partial charge < -0.3 is 65.3 Å². The standard InChI is InChI=1S/C50H59N10O17P3/c1-9-59-34-18-36-32(16-29(34)25(3)20-49(59,5)6)39(33-17-30-26(4)21-50(7,8)60(10-2)35(30)19-37(33)74-36)28-12-11-27(15-31(28)47(63)64)45(62)52-13-14-53-48(65)76-42-38(22-73-80(71,72)77-79(69,70)57-78(66,67)68)75-46(41(42)61)58-24-56-40-43(51)54-23-55-44(40)58/h11-12,15-21,23-24,38,41-42,46,61H,9-10,13-14,22H2,1-8H3,(H9-,51,52,53,54,55,57,62,63,64,65,66,67,68,69,70,71,72)/p+1/t38-,41-,42-,46-/m1/s1. The molecule has 2 unspecified atom stereocenters. The van der Waals surface area contributed by atoms with Crippen LogP contribution in [0.1, 0.15) is 105 Å². The summed E-state index contributed by atoms with van der Waals surface area (Å²) in [5.74, 6) is -0.971. The van der Waals surface area contributed by atoms with E-state index >= 15 is 0 Å². The molecule has 9 rings (SSSR count). The number of carboxylic acids is 1.